The maximum atomic E-state index is 12.7. The van der Waals surface area contributed by atoms with Crippen molar-refractivity contribution in [1.29, 1.82) is 0 Å². The molecule has 2 aliphatic carbocycles. The number of aryl methyl sites for hydroxylation is 1. The molecule has 5 rings (SSSR count). The van der Waals surface area contributed by atoms with Crippen molar-refractivity contribution in [3.63, 3.8) is 0 Å². The third-order valence-electron chi connectivity index (χ3n) is 8.57. The van der Waals surface area contributed by atoms with Crippen LogP contribution in [-0.4, -0.2) is 53.9 Å². The van der Waals surface area contributed by atoms with E-state index in [1.807, 2.05) is 12.1 Å². The minimum absolute atomic E-state index is 0.00315. The van der Waals surface area contributed by atoms with Crippen LogP contribution in [0.5, 0.6) is 5.75 Å². The normalized spacial score (nSPS) is 29.4. The third kappa shape index (κ3) is 3.63. The van der Waals surface area contributed by atoms with Crippen LogP contribution in [0.1, 0.15) is 54.1 Å². The lowest BCUT2D eigenvalue weighted by atomic mass is 9.53. The second-order valence-electron chi connectivity index (χ2n) is 10.5. The molecule has 0 spiro atoms. The fraction of sp³-hybridized carbons (Fsp3) is 0.593. The Hall–Kier alpha value is -2.15. The minimum atomic E-state index is -0.965. The minimum Gasteiger partial charge on any atom is -0.497 e. The van der Waals surface area contributed by atoms with E-state index in [4.69, 9.17) is 9.47 Å². The number of benzene rings is 1. The summed E-state index contributed by atoms with van der Waals surface area (Å²) in [6.07, 6.45) is 4.56. The molecule has 33 heavy (non-hydrogen) atoms. The molecule has 0 amide bonds. The first-order valence-corrected chi connectivity index (χ1v) is 12.2. The van der Waals surface area contributed by atoms with Crippen molar-refractivity contribution >= 4 is 0 Å². The van der Waals surface area contributed by atoms with Gasteiger partial charge in [-0.05, 0) is 80.5 Å². The van der Waals surface area contributed by atoms with Crippen LogP contribution in [0.4, 0.5) is 0 Å². The van der Waals surface area contributed by atoms with Crippen molar-refractivity contribution < 1.29 is 14.6 Å². The number of hydrogen-bond acceptors (Lipinski definition) is 5. The van der Waals surface area contributed by atoms with Gasteiger partial charge in [0, 0.05) is 49.2 Å². The first kappa shape index (κ1) is 22.6. The lowest BCUT2D eigenvalue weighted by Crippen LogP contribution is -2.71. The second-order valence-corrected chi connectivity index (χ2v) is 10.5. The molecule has 0 bridgehead atoms. The van der Waals surface area contributed by atoms with Gasteiger partial charge in [-0.1, -0.05) is 6.07 Å². The molecule has 0 radical (unpaired) electrons. The summed E-state index contributed by atoms with van der Waals surface area (Å²) in [7, 11) is 3.28. The highest BCUT2D eigenvalue weighted by Gasteiger charge is 2.61. The van der Waals surface area contributed by atoms with Crippen LogP contribution in [0, 0.1) is 12.8 Å². The molecule has 1 saturated carbocycles. The molecule has 3 atom stereocenters. The summed E-state index contributed by atoms with van der Waals surface area (Å²) in [6, 6.07) is 8.13. The summed E-state index contributed by atoms with van der Waals surface area (Å²) in [5.74, 6) is 1.57. The average Bonchev–Trinajstić information content (AvgIpc) is 3.61. The van der Waals surface area contributed by atoms with E-state index in [0.29, 0.717) is 18.4 Å². The molecule has 2 heterocycles. The summed E-state index contributed by atoms with van der Waals surface area (Å²) in [4.78, 5) is 18.4. The van der Waals surface area contributed by atoms with Crippen LogP contribution in [0.3, 0.4) is 0 Å². The second kappa shape index (κ2) is 8.26. The smallest absolute Gasteiger partial charge is 0.253 e. The van der Waals surface area contributed by atoms with Crippen molar-refractivity contribution in [3.05, 3.63) is 62.6 Å². The van der Waals surface area contributed by atoms with E-state index < -0.39 is 11.0 Å². The molecule has 1 saturated heterocycles. The number of H-pyrrole nitrogens is 1. The van der Waals surface area contributed by atoms with Gasteiger partial charge in [0.05, 0.1) is 19.3 Å². The lowest BCUT2D eigenvalue weighted by molar-refractivity contribution is -0.139. The molecule has 0 unspecified atom stereocenters. The van der Waals surface area contributed by atoms with Gasteiger partial charge in [-0.25, -0.2) is 0 Å². The van der Waals surface area contributed by atoms with E-state index in [9.17, 15) is 9.90 Å². The Labute approximate surface area is 195 Å². The van der Waals surface area contributed by atoms with Gasteiger partial charge in [0.25, 0.3) is 5.56 Å². The Morgan fingerprint density at radius 3 is 2.70 bits per heavy atom. The fourth-order valence-electron chi connectivity index (χ4n) is 6.42. The maximum absolute atomic E-state index is 12.7. The maximum Gasteiger partial charge on any atom is 0.253 e. The lowest BCUT2D eigenvalue weighted by Gasteiger charge is -2.60. The fourth-order valence-corrected chi connectivity index (χ4v) is 6.42. The van der Waals surface area contributed by atoms with E-state index in [-0.39, 0.29) is 18.2 Å². The number of piperidine rings is 1. The van der Waals surface area contributed by atoms with E-state index in [2.05, 4.69) is 35.9 Å². The Morgan fingerprint density at radius 2 is 2.00 bits per heavy atom. The highest BCUT2D eigenvalue weighted by atomic mass is 16.5. The summed E-state index contributed by atoms with van der Waals surface area (Å²) >= 11 is 0. The molecule has 178 valence electrons. The number of nitrogens with one attached hydrogen (secondary N) is 1. The summed E-state index contributed by atoms with van der Waals surface area (Å²) in [5, 5.41) is 12.7. The number of rotatable bonds is 6. The standard InChI is InChI=1S/C27H36N2O4/c1-17-5-8-22(33-4)12-23(17)26-9-10-29(15-19-6-7-19)18(2)27(26,31)13-20-11-21(16-32-3)25(30)28-24(20)14-26/h5,8,11-12,18-19,31H,6-7,9-10,13-16H2,1-4H3,(H,28,30)/t18-,26-,27-/m1/s1. The average molecular weight is 453 g/mol. The molecule has 2 fully saturated rings. The Bertz CT molecular complexity index is 1110. The van der Waals surface area contributed by atoms with Crippen molar-refractivity contribution in [3.8, 4) is 5.75 Å². The van der Waals surface area contributed by atoms with Gasteiger partial charge in [-0.3, -0.25) is 9.69 Å². The number of ether oxygens (including phenoxy) is 2. The molecule has 1 aromatic carbocycles. The Morgan fingerprint density at radius 1 is 1.21 bits per heavy atom. The van der Waals surface area contributed by atoms with Crippen molar-refractivity contribution in [1.82, 2.24) is 9.88 Å². The number of pyridine rings is 1. The number of aliphatic hydroxyl groups is 1. The van der Waals surface area contributed by atoms with Gasteiger partial charge in [0.2, 0.25) is 0 Å². The molecule has 2 N–H and O–H groups in total. The molecular weight excluding hydrogens is 416 g/mol. The van der Waals surface area contributed by atoms with Crippen LogP contribution in [-0.2, 0) is 29.6 Å². The number of likely N-dealkylation sites (tertiary alicyclic amines) is 1. The van der Waals surface area contributed by atoms with Gasteiger partial charge in [0.1, 0.15) is 5.75 Å². The number of aromatic nitrogens is 1. The number of methoxy groups -OCH3 is 2. The van der Waals surface area contributed by atoms with Crippen LogP contribution in [0.2, 0.25) is 0 Å². The number of aromatic amines is 1. The van der Waals surface area contributed by atoms with Gasteiger partial charge in [0.15, 0.2) is 0 Å². The molecule has 6 heteroatoms. The third-order valence-corrected chi connectivity index (χ3v) is 8.57. The van der Waals surface area contributed by atoms with Crippen LogP contribution < -0.4 is 10.3 Å². The van der Waals surface area contributed by atoms with Gasteiger partial charge >= 0.3 is 0 Å². The van der Waals surface area contributed by atoms with Gasteiger partial charge in [-0.15, -0.1) is 0 Å². The topological polar surface area (TPSA) is 74.8 Å². The van der Waals surface area contributed by atoms with Crippen LogP contribution in [0.15, 0.2) is 29.1 Å². The number of nitrogens with zero attached hydrogens (tertiary/aromatic N) is 1. The van der Waals surface area contributed by atoms with Gasteiger partial charge < -0.3 is 19.6 Å². The molecule has 3 aliphatic rings. The quantitative estimate of drug-likeness (QED) is 0.705. The van der Waals surface area contributed by atoms with E-state index in [0.717, 1.165) is 53.6 Å². The monoisotopic (exact) mass is 452 g/mol. The highest BCUT2D eigenvalue weighted by Crippen LogP contribution is 2.54. The summed E-state index contributed by atoms with van der Waals surface area (Å²) in [5.41, 5.74) is 3.31. The van der Waals surface area contributed by atoms with Crippen molar-refractivity contribution in [2.24, 2.45) is 5.92 Å². The van der Waals surface area contributed by atoms with Crippen LogP contribution in [0.25, 0.3) is 0 Å². The van der Waals surface area contributed by atoms with Crippen molar-refractivity contribution in [2.75, 3.05) is 27.3 Å². The predicted molar refractivity (Wildman–Crippen MR) is 128 cm³/mol. The number of hydrogen-bond donors (Lipinski definition) is 2. The summed E-state index contributed by atoms with van der Waals surface area (Å²) < 4.78 is 10.8. The predicted octanol–water partition coefficient (Wildman–Crippen LogP) is 3.11. The van der Waals surface area contributed by atoms with E-state index >= 15 is 0 Å². The van der Waals surface area contributed by atoms with Crippen molar-refractivity contribution in [2.45, 2.75) is 69.6 Å². The molecule has 1 aromatic heterocycles. The molecule has 2 aromatic rings. The zero-order valence-corrected chi connectivity index (χ0v) is 20.2. The zero-order valence-electron chi connectivity index (χ0n) is 20.2. The number of fused-ring (bicyclic) bond motifs is 2. The largest absolute Gasteiger partial charge is 0.497 e. The first-order valence-electron chi connectivity index (χ1n) is 12.2. The Kier molecular flexibility index (Phi) is 5.66. The first-order chi connectivity index (χ1) is 15.8. The molecular formula is C27H36N2O4. The van der Waals surface area contributed by atoms with Crippen LogP contribution >= 0.6 is 0 Å². The summed E-state index contributed by atoms with van der Waals surface area (Å²) in [6.45, 7) is 6.58. The van der Waals surface area contributed by atoms with E-state index in [1.165, 1.54) is 12.8 Å². The molecule has 6 nitrogen and oxygen atoms in total. The zero-order chi connectivity index (χ0) is 23.4. The highest BCUT2D eigenvalue weighted by molar-refractivity contribution is 5.48. The van der Waals surface area contributed by atoms with E-state index in [1.54, 1.807) is 14.2 Å². The SMILES string of the molecule is COCc1cc2c([nH]c1=O)C[C@@]1(c3cc(OC)ccc3C)CCN(CC3CC3)[C@H](C)[C@]1(O)C2. The Balaban J connectivity index is 1.67. The van der Waals surface area contributed by atoms with Gasteiger partial charge in [-0.2, -0.15) is 0 Å². The molecule has 1 aliphatic heterocycles.